The number of aliphatic imine (C=N–C) groups is 1. The number of halogens is 1. The first kappa shape index (κ1) is 19.0. The van der Waals surface area contributed by atoms with Gasteiger partial charge in [0.25, 0.3) is 0 Å². The molecule has 5 heteroatoms. The minimum absolute atomic E-state index is 0. The van der Waals surface area contributed by atoms with E-state index in [4.69, 9.17) is 0 Å². The largest absolute Gasteiger partial charge is 0.508 e. The summed E-state index contributed by atoms with van der Waals surface area (Å²) in [6.07, 6.45) is 1.98. The molecule has 1 rings (SSSR count). The first-order chi connectivity index (χ1) is 9.11. The third-order valence-electron chi connectivity index (χ3n) is 2.60. The van der Waals surface area contributed by atoms with Crippen LogP contribution in [0.2, 0.25) is 0 Å². The summed E-state index contributed by atoms with van der Waals surface area (Å²) in [7, 11) is 0. The van der Waals surface area contributed by atoms with Gasteiger partial charge in [-0.15, -0.1) is 24.0 Å². The highest BCUT2D eigenvalue weighted by Gasteiger charge is 1.99. The van der Waals surface area contributed by atoms with E-state index in [0.29, 0.717) is 11.8 Å². The van der Waals surface area contributed by atoms with Crippen molar-refractivity contribution < 1.29 is 5.11 Å². The number of rotatable bonds is 6. The number of aryl methyl sites for hydroxylation is 1. The normalized spacial score (nSPS) is 11.1. The van der Waals surface area contributed by atoms with Crippen LogP contribution in [-0.4, -0.2) is 30.2 Å². The van der Waals surface area contributed by atoms with Crippen LogP contribution in [0.15, 0.2) is 29.3 Å². The summed E-state index contributed by atoms with van der Waals surface area (Å²) in [5, 5.41) is 15.7. The molecule has 0 bridgehead atoms. The highest BCUT2D eigenvalue weighted by molar-refractivity contribution is 14.0. The summed E-state index contributed by atoms with van der Waals surface area (Å²) in [5.74, 6) is 1.19. The first-order valence-electron chi connectivity index (χ1n) is 6.94. The lowest BCUT2D eigenvalue weighted by atomic mass is 10.1. The topological polar surface area (TPSA) is 56.7 Å². The number of phenols is 1. The molecule has 4 nitrogen and oxygen atoms in total. The number of phenolic OH excluding ortho intramolecular Hbond substituents is 1. The molecule has 0 amide bonds. The molecule has 0 radical (unpaired) electrons. The number of hydrogen-bond acceptors (Lipinski definition) is 2. The van der Waals surface area contributed by atoms with Gasteiger partial charge in [0.1, 0.15) is 5.75 Å². The average molecular weight is 391 g/mol. The van der Waals surface area contributed by atoms with Crippen LogP contribution in [0.1, 0.15) is 32.8 Å². The van der Waals surface area contributed by atoms with Crippen LogP contribution in [0.5, 0.6) is 5.75 Å². The molecule has 0 heterocycles. The third kappa shape index (κ3) is 8.24. The van der Waals surface area contributed by atoms with Gasteiger partial charge in [-0.05, 0) is 51.3 Å². The summed E-state index contributed by atoms with van der Waals surface area (Å²) >= 11 is 0. The lowest BCUT2D eigenvalue weighted by Crippen LogP contribution is -2.41. The molecule has 0 unspecified atom stereocenters. The van der Waals surface area contributed by atoms with Gasteiger partial charge in [0, 0.05) is 19.1 Å². The van der Waals surface area contributed by atoms with E-state index in [0.717, 1.165) is 31.9 Å². The maximum Gasteiger partial charge on any atom is 0.191 e. The van der Waals surface area contributed by atoms with Crippen LogP contribution in [-0.2, 0) is 6.42 Å². The Labute approximate surface area is 139 Å². The van der Waals surface area contributed by atoms with E-state index >= 15 is 0 Å². The predicted octanol–water partition coefficient (Wildman–Crippen LogP) is 2.91. The second-order valence-corrected chi connectivity index (χ2v) is 4.83. The molecular weight excluding hydrogens is 365 g/mol. The van der Waals surface area contributed by atoms with Crippen molar-refractivity contribution in [2.45, 2.75) is 39.7 Å². The molecule has 1 aromatic carbocycles. The Hall–Kier alpha value is -0.980. The molecular formula is C15H26IN3O. The maximum absolute atomic E-state index is 9.21. The van der Waals surface area contributed by atoms with Crippen molar-refractivity contribution in [1.82, 2.24) is 10.6 Å². The molecule has 20 heavy (non-hydrogen) atoms. The first-order valence-corrected chi connectivity index (χ1v) is 6.94. The van der Waals surface area contributed by atoms with Crippen LogP contribution < -0.4 is 10.6 Å². The van der Waals surface area contributed by atoms with Crippen LogP contribution in [0.25, 0.3) is 0 Å². The monoisotopic (exact) mass is 391 g/mol. The van der Waals surface area contributed by atoms with Crippen LogP contribution >= 0.6 is 24.0 Å². The van der Waals surface area contributed by atoms with Gasteiger partial charge in [0.2, 0.25) is 0 Å². The van der Waals surface area contributed by atoms with Crippen LogP contribution in [0.3, 0.4) is 0 Å². The molecule has 0 saturated heterocycles. The Balaban J connectivity index is 0.00000361. The zero-order valence-electron chi connectivity index (χ0n) is 12.5. The molecule has 0 aliphatic rings. The summed E-state index contributed by atoms with van der Waals surface area (Å²) in [6.45, 7) is 7.93. The molecule has 0 aromatic heterocycles. The van der Waals surface area contributed by atoms with Crippen molar-refractivity contribution in [2.24, 2.45) is 4.99 Å². The van der Waals surface area contributed by atoms with E-state index in [-0.39, 0.29) is 24.0 Å². The van der Waals surface area contributed by atoms with Gasteiger partial charge in [0.15, 0.2) is 5.96 Å². The SMILES string of the molecule is CCNC(=NCCCc1ccc(O)cc1)NC(C)C.I. The zero-order chi connectivity index (χ0) is 14.1. The summed E-state index contributed by atoms with van der Waals surface area (Å²) in [5.41, 5.74) is 1.23. The molecule has 0 aliphatic carbocycles. The standard InChI is InChI=1S/C15H25N3O.HI/c1-4-16-15(18-12(2)3)17-11-5-6-13-7-9-14(19)10-8-13;/h7-10,12,19H,4-6,11H2,1-3H3,(H2,16,17,18);1H. The van der Waals surface area contributed by atoms with E-state index in [1.807, 2.05) is 12.1 Å². The second-order valence-electron chi connectivity index (χ2n) is 4.83. The summed E-state index contributed by atoms with van der Waals surface area (Å²) in [6, 6.07) is 7.74. The van der Waals surface area contributed by atoms with Gasteiger partial charge in [-0.1, -0.05) is 12.1 Å². The van der Waals surface area contributed by atoms with Crippen molar-refractivity contribution in [2.75, 3.05) is 13.1 Å². The van der Waals surface area contributed by atoms with Crippen molar-refractivity contribution in [3.63, 3.8) is 0 Å². The van der Waals surface area contributed by atoms with E-state index in [9.17, 15) is 5.11 Å². The Kier molecular flexibility index (Phi) is 10.2. The molecule has 0 fully saturated rings. The van der Waals surface area contributed by atoms with Gasteiger partial charge in [-0.25, -0.2) is 0 Å². The molecule has 1 aromatic rings. The highest BCUT2D eigenvalue weighted by Crippen LogP contribution is 2.10. The van der Waals surface area contributed by atoms with E-state index < -0.39 is 0 Å². The fourth-order valence-electron chi connectivity index (χ4n) is 1.73. The fourth-order valence-corrected chi connectivity index (χ4v) is 1.73. The summed E-state index contributed by atoms with van der Waals surface area (Å²) in [4.78, 5) is 4.53. The van der Waals surface area contributed by atoms with E-state index in [1.54, 1.807) is 12.1 Å². The summed E-state index contributed by atoms with van der Waals surface area (Å²) < 4.78 is 0. The van der Waals surface area contributed by atoms with Gasteiger partial charge >= 0.3 is 0 Å². The maximum atomic E-state index is 9.21. The Bertz CT molecular complexity index is 391. The molecule has 0 spiro atoms. The molecule has 0 saturated carbocycles. The number of nitrogens with zero attached hydrogens (tertiary/aromatic N) is 1. The van der Waals surface area contributed by atoms with E-state index in [2.05, 4.69) is 36.4 Å². The Morgan fingerprint density at radius 2 is 1.90 bits per heavy atom. The lowest BCUT2D eigenvalue weighted by molar-refractivity contribution is 0.475. The number of aromatic hydroxyl groups is 1. The van der Waals surface area contributed by atoms with E-state index in [1.165, 1.54) is 5.56 Å². The molecule has 114 valence electrons. The minimum Gasteiger partial charge on any atom is -0.508 e. The van der Waals surface area contributed by atoms with Crippen molar-refractivity contribution in [3.8, 4) is 5.75 Å². The van der Waals surface area contributed by atoms with Gasteiger partial charge in [0.05, 0.1) is 0 Å². The highest BCUT2D eigenvalue weighted by atomic mass is 127. The Morgan fingerprint density at radius 1 is 1.25 bits per heavy atom. The lowest BCUT2D eigenvalue weighted by Gasteiger charge is -2.13. The minimum atomic E-state index is 0. The predicted molar refractivity (Wildman–Crippen MR) is 96.1 cm³/mol. The number of benzene rings is 1. The van der Waals surface area contributed by atoms with Crippen LogP contribution in [0, 0.1) is 0 Å². The fraction of sp³-hybridized carbons (Fsp3) is 0.533. The number of hydrogen-bond donors (Lipinski definition) is 3. The quantitative estimate of drug-likeness (QED) is 0.303. The smallest absolute Gasteiger partial charge is 0.191 e. The van der Waals surface area contributed by atoms with Crippen LogP contribution in [0.4, 0.5) is 0 Å². The molecule has 0 atom stereocenters. The average Bonchev–Trinajstić information content (AvgIpc) is 2.36. The zero-order valence-corrected chi connectivity index (χ0v) is 14.8. The molecule has 0 aliphatic heterocycles. The van der Waals surface area contributed by atoms with Crippen molar-refractivity contribution >= 4 is 29.9 Å². The second kappa shape index (κ2) is 10.8. The van der Waals surface area contributed by atoms with Gasteiger partial charge in [-0.3, -0.25) is 4.99 Å². The van der Waals surface area contributed by atoms with Crippen molar-refractivity contribution in [3.05, 3.63) is 29.8 Å². The Morgan fingerprint density at radius 3 is 2.45 bits per heavy atom. The third-order valence-corrected chi connectivity index (χ3v) is 2.60. The van der Waals surface area contributed by atoms with Gasteiger partial charge < -0.3 is 15.7 Å². The van der Waals surface area contributed by atoms with Gasteiger partial charge in [-0.2, -0.15) is 0 Å². The number of guanidine groups is 1. The number of nitrogens with one attached hydrogen (secondary N) is 2. The van der Waals surface area contributed by atoms with Crippen molar-refractivity contribution in [1.29, 1.82) is 0 Å². The molecule has 3 N–H and O–H groups in total.